The van der Waals surface area contributed by atoms with E-state index in [-0.39, 0.29) is 11.9 Å². The highest BCUT2D eigenvalue weighted by atomic mass is 16.1. The first kappa shape index (κ1) is 18.5. The molecule has 4 N–H and O–H groups in total. The smallest absolute Gasteiger partial charge is 0.251 e. The van der Waals surface area contributed by atoms with Crippen molar-refractivity contribution in [3.63, 3.8) is 0 Å². The minimum atomic E-state index is -0.0993. The lowest BCUT2D eigenvalue weighted by Gasteiger charge is -2.22. The van der Waals surface area contributed by atoms with E-state index in [1.807, 2.05) is 49.4 Å². The van der Waals surface area contributed by atoms with Gasteiger partial charge in [-0.3, -0.25) is 4.79 Å². The van der Waals surface area contributed by atoms with E-state index in [0.29, 0.717) is 17.8 Å². The van der Waals surface area contributed by atoms with Crippen LogP contribution >= 0.6 is 0 Å². The van der Waals surface area contributed by atoms with E-state index >= 15 is 0 Å². The number of nitrogens with one attached hydrogen (secondary N) is 2. The molecular weight excluding hydrogens is 334 g/mol. The summed E-state index contributed by atoms with van der Waals surface area (Å²) < 4.78 is 0. The van der Waals surface area contributed by atoms with Crippen molar-refractivity contribution in [2.75, 3.05) is 17.6 Å². The molecular formula is C23H25N3O. The van der Waals surface area contributed by atoms with Gasteiger partial charge in [-0.05, 0) is 35.7 Å². The molecule has 138 valence electrons. The summed E-state index contributed by atoms with van der Waals surface area (Å²) in [7, 11) is 0. The predicted molar refractivity (Wildman–Crippen MR) is 112 cm³/mol. The average molecular weight is 359 g/mol. The Morgan fingerprint density at radius 2 is 1.52 bits per heavy atom. The van der Waals surface area contributed by atoms with E-state index in [2.05, 4.69) is 34.9 Å². The molecule has 0 aromatic heterocycles. The molecule has 0 unspecified atom stereocenters. The van der Waals surface area contributed by atoms with Crippen molar-refractivity contribution in [2.45, 2.75) is 19.4 Å². The molecule has 0 aliphatic carbocycles. The summed E-state index contributed by atoms with van der Waals surface area (Å²) in [5.41, 5.74) is 10.5. The van der Waals surface area contributed by atoms with Crippen LogP contribution in [0.25, 0.3) is 0 Å². The van der Waals surface area contributed by atoms with Crippen LogP contribution in [0.2, 0.25) is 0 Å². The number of rotatable bonds is 7. The lowest BCUT2D eigenvalue weighted by molar-refractivity contribution is 0.0953. The number of benzene rings is 3. The van der Waals surface area contributed by atoms with Gasteiger partial charge in [0.05, 0.1) is 17.4 Å². The molecule has 0 saturated carbocycles. The molecule has 0 bridgehead atoms. The fourth-order valence-electron chi connectivity index (χ4n) is 2.98. The quantitative estimate of drug-likeness (QED) is 0.540. The van der Waals surface area contributed by atoms with Gasteiger partial charge in [-0.2, -0.15) is 0 Å². The van der Waals surface area contributed by atoms with Crippen molar-refractivity contribution in [2.24, 2.45) is 0 Å². The molecule has 0 fully saturated rings. The summed E-state index contributed by atoms with van der Waals surface area (Å²) >= 11 is 0. The monoisotopic (exact) mass is 359 g/mol. The zero-order valence-corrected chi connectivity index (χ0v) is 15.5. The molecule has 3 aromatic rings. The van der Waals surface area contributed by atoms with Crippen molar-refractivity contribution in [1.82, 2.24) is 5.32 Å². The fraction of sp³-hybridized carbons (Fsp3) is 0.174. The zero-order chi connectivity index (χ0) is 19.1. The highest BCUT2D eigenvalue weighted by molar-refractivity contribution is 5.96. The summed E-state index contributed by atoms with van der Waals surface area (Å²) in [6.45, 7) is 2.68. The SMILES string of the molecule is CCCNC(=O)c1ccc(NC(c2ccccc2)c2ccccc2)c(N)c1. The van der Waals surface area contributed by atoms with E-state index in [4.69, 9.17) is 5.73 Å². The Hall–Kier alpha value is -3.27. The van der Waals surface area contributed by atoms with Gasteiger partial charge >= 0.3 is 0 Å². The van der Waals surface area contributed by atoms with Crippen LogP contribution in [0.5, 0.6) is 0 Å². The molecule has 0 saturated heterocycles. The number of hydrogen-bond acceptors (Lipinski definition) is 3. The van der Waals surface area contributed by atoms with Crippen LogP contribution in [0, 0.1) is 0 Å². The third-order valence-electron chi connectivity index (χ3n) is 4.41. The maximum Gasteiger partial charge on any atom is 0.251 e. The first-order valence-corrected chi connectivity index (χ1v) is 9.23. The lowest BCUT2D eigenvalue weighted by Crippen LogP contribution is -2.24. The number of nitrogens with two attached hydrogens (primary N) is 1. The largest absolute Gasteiger partial charge is 0.397 e. The minimum Gasteiger partial charge on any atom is -0.397 e. The van der Waals surface area contributed by atoms with Crippen LogP contribution in [0.15, 0.2) is 78.9 Å². The molecule has 0 heterocycles. The summed E-state index contributed by atoms with van der Waals surface area (Å²) in [4.78, 5) is 12.1. The van der Waals surface area contributed by atoms with E-state index in [0.717, 1.165) is 23.2 Å². The minimum absolute atomic E-state index is 0.0329. The Labute approximate surface area is 160 Å². The molecule has 0 aliphatic rings. The second kappa shape index (κ2) is 8.90. The van der Waals surface area contributed by atoms with Crippen molar-refractivity contribution in [3.05, 3.63) is 95.6 Å². The Morgan fingerprint density at radius 1 is 0.926 bits per heavy atom. The van der Waals surface area contributed by atoms with Crippen LogP contribution in [-0.2, 0) is 0 Å². The average Bonchev–Trinajstić information content (AvgIpc) is 2.72. The van der Waals surface area contributed by atoms with E-state index in [9.17, 15) is 4.79 Å². The normalized spacial score (nSPS) is 10.6. The summed E-state index contributed by atoms with van der Waals surface area (Å²) in [5.74, 6) is -0.0993. The Kier molecular flexibility index (Phi) is 6.10. The standard InChI is InChI=1S/C23H25N3O/c1-2-15-25-23(27)19-13-14-21(20(24)16-19)26-22(17-9-5-3-6-10-17)18-11-7-4-8-12-18/h3-14,16,22,26H,2,15,24H2,1H3,(H,25,27). The van der Waals surface area contributed by atoms with Crippen LogP contribution in [0.3, 0.4) is 0 Å². The second-order valence-electron chi connectivity index (χ2n) is 6.46. The van der Waals surface area contributed by atoms with Crippen LogP contribution in [-0.4, -0.2) is 12.5 Å². The number of carbonyl (C=O) groups is 1. The Balaban J connectivity index is 1.87. The molecule has 0 spiro atoms. The van der Waals surface area contributed by atoms with E-state index in [1.165, 1.54) is 0 Å². The Morgan fingerprint density at radius 3 is 2.04 bits per heavy atom. The number of nitrogen functional groups attached to an aromatic ring is 1. The van der Waals surface area contributed by atoms with Gasteiger partial charge in [0.15, 0.2) is 0 Å². The van der Waals surface area contributed by atoms with Crippen LogP contribution < -0.4 is 16.4 Å². The maximum absolute atomic E-state index is 12.1. The highest BCUT2D eigenvalue weighted by Crippen LogP contribution is 2.30. The third-order valence-corrected chi connectivity index (χ3v) is 4.41. The number of amides is 1. The Bertz CT molecular complexity index is 839. The van der Waals surface area contributed by atoms with Gasteiger partial charge in [-0.15, -0.1) is 0 Å². The van der Waals surface area contributed by atoms with Gasteiger partial charge in [0, 0.05) is 12.1 Å². The highest BCUT2D eigenvalue weighted by Gasteiger charge is 2.15. The fourth-order valence-corrected chi connectivity index (χ4v) is 2.98. The topological polar surface area (TPSA) is 67.2 Å². The van der Waals surface area contributed by atoms with Gasteiger partial charge in [0.2, 0.25) is 0 Å². The van der Waals surface area contributed by atoms with Crippen molar-refractivity contribution >= 4 is 17.3 Å². The molecule has 27 heavy (non-hydrogen) atoms. The molecule has 4 heteroatoms. The maximum atomic E-state index is 12.1. The van der Waals surface area contributed by atoms with Gasteiger partial charge < -0.3 is 16.4 Å². The van der Waals surface area contributed by atoms with Gasteiger partial charge in [-0.25, -0.2) is 0 Å². The number of hydrogen-bond donors (Lipinski definition) is 3. The molecule has 3 rings (SSSR count). The van der Waals surface area contributed by atoms with Crippen molar-refractivity contribution < 1.29 is 4.79 Å². The lowest BCUT2D eigenvalue weighted by atomic mass is 9.98. The summed E-state index contributed by atoms with van der Waals surface area (Å²) in [5, 5.41) is 6.41. The molecule has 0 radical (unpaired) electrons. The third kappa shape index (κ3) is 4.67. The second-order valence-corrected chi connectivity index (χ2v) is 6.46. The molecule has 0 atom stereocenters. The first-order chi connectivity index (χ1) is 13.2. The van der Waals surface area contributed by atoms with Crippen LogP contribution in [0.4, 0.5) is 11.4 Å². The molecule has 3 aromatic carbocycles. The molecule has 4 nitrogen and oxygen atoms in total. The van der Waals surface area contributed by atoms with Gasteiger partial charge in [0.25, 0.3) is 5.91 Å². The molecule has 0 aliphatic heterocycles. The van der Waals surface area contributed by atoms with Gasteiger partial charge in [-0.1, -0.05) is 67.6 Å². The van der Waals surface area contributed by atoms with E-state index < -0.39 is 0 Å². The van der Waals surface area contributed by atoms with Gasteiger partial charge in [0.1, 0.15) is 0 Å². The van der Waals surface area contributed by atoms with Crippen LogP contribution in [0.1, 0.15) is 40.9 Å². The summed E-state index contributed by atoms with van der Waals surface area (Å²) in [6, 6.07) is 25.8. The van der Waals surface area contributed by atoms with Crippen molar-refractivity contribution in [3.8, 4) is 0 Å². The zero-order valence-electron chi connectivity index (χ0n) is 15.5. The van der Waals surface area contributed by atoms with Crippen molar-refractivity contribution in [1.29, 1.82) is 0 Å². The summed E-state index contributed by atoms with van der Waals surface area (Å²) in [6.07, 6.45) is 0.899. The predicted octanol–water partition coefficient (Wildman–Crippen LogP) is 4.61. The molecule has 1 amide bonds. The number of carbonyl (C=O) groups excluding carboxylic acids is 1. The first-order valence-electron chi connectivity index (χ1n) is 9.23. The van der Waals surface area contributed by atoms with E-state index in [1.54, 1.807) is 12.1 Å². The number of anilines is 2.